The number of hydrogen-bond acceptors (Lipinski definition) is 5. The third-order valence-corrected chi connectivity index (χ3v) is 4.93. The molecular weight excluding hydrogens is 300 g/mol. The van der Waals surface area contributed by atoms with Gasteiger partial charge < -0.3 is 11.1 Å². The van der Waals surface area contributed by atoms with Crippen molar-refractivity contribution in [3.8, 4) is 0 Å². The average molecular weight is 318 g/mol. The van der Waals surface area contributed by atoms with E-state index in [9.17, 15) is 17.4 Å². The summed E-state index contributed by atoms with van der Waals surface area (Å²) in [5.74, 6) is -0.872. The van der Waals surface area contributed by atoms with E-state index in [1.165, 1.54) is 0 Å². The lowest BCUT2D eigenvalue weighted by Crippen LogP contribution is -2.23. The molecule has 0 spiro atoms. The van der Waals surface area contributed by atoms with Crippen LogP contribution in [0.5, 0.6) is 0 Å². The molecule has 0 aromatic heterocycles. The fourth-order valence-corrected chi connectivity index (χ4v) is 3.93. The van der Waals surface area contributed by atoms with Crippen LogP contribution >= 0.6 is 0 Å². The minimum Gasteiger partial charge on any atom is -0.326 e. The van der Waals surface area contributed by atoms with Crippen LogP contribution in [0.15, 0.2) is 24.3 Å². The van der Waals surface area contributed by atoms with E-state index in [1.54, 1.807) is 18.2 Å². The Morgan fingerprint density at radius 1 is 1.35 bits per heavy atom. The highest BCUT2D eigenvalue weighted by atomic mass is 32.2. The maximum atomic E-state index is 11.7. The number of hydrogen-bond donors (Lipinski definition) is 2. The van der Waals surface area contributed by atoms with Gasteiger partial charge in [-0.25, -0.2) is 8.42 Å². The van der Waals surface area contributed by atoms with Gasteiger partial charge in [-0.15, -0.1) is 0 Å². The van der Waals surface area contributed by atoms with Gasteiger partial charge >= 0.3 is 0 Å². The lowest BCUT2D eigenvalue weighted by Gasteiger charge is -2.09. The first-order valence-electron chi connectivity index (χ1n) is 5.92. The molecule has 1 amide bonds. The number of para-hydroxylation sites is 1. The number of nitrogens with one attached hydrogen (secondary N) is 1. The standard InChI is InChI=1S/C12H18N2O4S2/c1-20(17,18)7-6-19(16)9-12(15)14-11-5-3-2-4-10(11)8-13/h2-5H,6-9,13H2,1H3,(H,14,15). The fourth-order valence-electron chi connectivity index (χ4n) is 1.47. The second-order valence-electron chi connectivity index (χ2n) is 4.33. The summed E-state index contributed by atoms with van der Waals surface area (Å²) < 4.78 is 33.5. The Bertz CT molecular complexity index is 599. The van der Waals surface area contributed by atoms with Crippen LogP contribution in [0.1, 0.15) is 5.56 Å². The smallest absolute Gasteiger partial charge is 0.236 e. The molecule has 3 N–H and O–H groups in total. The number of carbonyl (C=O) groups is 1. The summed E-state index contributed by atoms with van der Waals surface area (Å²) in [4.78, 5) is 11.7. The van der Waals surface area contributed by atoms with Gasteiger partial charge in [0.2, 0.25) is 5.91 Å². The summed E-state index contributed by atoms with van der Waals surface area (Å²) in [5, 5.41) is 2.63. The van der Waals surface area contributed by atoms with E-state index in [0.717, 1.165) is 11.8 Å². The number of amides is 1. The molecule has 20 heavy (non-hydrogen) atoms. The summed E-state index contributed by atoms with van der Waals surface area (Å²) in [6.07, 6.45) is 1.07. The van der Waals surface area contributed by atoms with E-state index in [1.807, 2.05) is 6.07 Å². The molecule has 0 fully saturated rings. The third-order valence-electron chi connectivity index (χ3n) is 2.49. The quantitative estimate of drug-likeness (QED) is 0.729. The van der Waals surface area contributed by atoms with Crippen molar-refractivity contribution in [1.29, 1.82) is 0 Å². The van der Waals surface area contributed by atoms with E-state index < -0.39 is 26.5 Å². The normalized spacial score (nSPS) is 12.9. The van der Waals surface area contributed by atoms with Crippen LogP contribution in [-0.2, 0) is 32.0 Å². The number of nitrogens with two attached hydrogens (primary N) is 1. The zero-order chi connectivity index (χ0) is 15.2. The van der Waals surface area contributed by atoms with E-state index in [4.69, 9.17) is 5.73 Å². The van der Waals surface area contributed by atoms with Gasteiger partial charge in [-0.2, -0.15) is 0 Å². The van der Waals surface area contributed by atoms with Gasteiger partial charge in [-0.1, -0.05) is 18.2 Å². The Morgan fingerprint density at radius 3 is 2.60 bits per heavy atom. The summed E-state index contributed by atoms with van der Waals surface area (Å²) in [7, 11) is -4.67. The minimum absolute atomic E-state index is 0.0369. The molecule has 0 heterocycles. The van der Waals surface area contributed by atoms with Crippen LogP contribution in [0.2, 0.25) is 0 Å². The Kier molecular flexibility index (Phi) is 6.31. The molecule has 0 aliphatic carbocycles. The van der Waals surface area contributed by atoms with Crippen LogP contribution in [-0.4, -0.2) is 42.0 Å². The number of anilines is 1. The molecule has 112 valence electrons. The minimum atomic E-state index is -3.17. The predicted octanol–water partition coefficient (Wildman–Crippen LogP) is -0.123. The average Bonchev–Trinajstić information content (AvgIpc) is 2.36. The van der Waals surface area contributed by atoms with E-state index >= 15 is 0 Å². The monoisotopic (exact) mass is 318 g/mol. The molecule has 0 radical (unpaired) electrons. The molecule has 1 unspecified atom stereocenters. The Morgan fingerprint density at radius 2 is 2.00 bits per heavy atom. The van der Waals surface area contributed by atoms with Crippen molar-refractivity contribution in [3.63, 3.8) is 0 Å². The maximum Gasteiger partial charge on any atom is 0.236 e. The largest absolute Gasteiger partial charge is 0.326 e. The molecule has 0 saturated carbocycles. The number of benzene rings is 1. The first kappa shape index (κ1) is 16.8. The fraction of sp³-hybridized carbons (Fsp3) is 0.417. The lowest BCUT2D eigenvalue weighted by atomic mass is 10.2. The Labute approximate surface area is 121 Å². The highest BCUT2D eigenvalue weighted by Gasteiger charge is 2.12. The molecule has 0 bridgehead atoms. The molecule has 1 atom stereocenters. The predicted molar refractivity (Wildman–Crippen MR) is 80.6 cm³/mol. The zero-order valence-corrected chi connectivity index (χ0v) is 12.8. The summed E-state index contributed by atoms with van der Waals surface area (Å²) in [6, 6.07) is 7.06. The van der Waals surface area contributed by atoms with Crippen LogP contribution in [0.4, 0.5) is 5.69 Å². The van der Waals surface area contributed by atoms with Crippen LogP contribution in [0.3, 0.4) is 0 Å². The van der Waals surface area contributed by atoms with Crippen molar-refractivity contribution >= 4 is 32.2 Å². The molecule has 0 aliphatic heterocycles. The highest BCUT2D eigenvalue weighted by molar-refractivity contribution is 7.92. The number of rotatable bonds is 7. The van der Waals surface area contributed by atoms with Gasteiger partial charge in [0.1, 0.15) is 15.6 Å². The van der Waals surface area contributed by atoms with Gasteiger partial charge in [0.05, 0.1) is 5.75 Å². The molecule has 8 heteroatoms. The van der Waals surface area contributed by atoms with Crippen molar-refractivity contribution in [2.24, 2.45) is 5.73 Å². The Balaban J connectivity index is 2.53. The maximum absolute atomic E-state index is 11.7. The van der Waals surface area contributed by atoms with Crippen molar-refractivity contribution in [2.45, 2.75) is 6.54 Å². The SMILES string of the molecule is CS(=O)(=O)CCS(=O)CC(=O)Nc1ccccc1CN. The van der Waals surface area contributed by atoms with Gasteiger partial charge in [0.15, 0.2) is 0 Å². The molecule has 1 aromatic carbocycles. The van der Waals surface area contributed by atoms with Gasteiger partial charge in [-0.3, -0.25) is 9.00 Å². The van der Waals surface area contributed by atoms with Crippen molar-refractivity contribution in [3.05, 3.63) is 29.8 Å². The van der Waals surface area contributed by atoms with Gasteiger partial charge in [-0.05, 0) is 11.6 Å². The summed E-state index contributed by atoms with van der Waals surface area (Å²) in [5.41, 5.74) is 6.91. The van der Waals surface area contributed by atoms with Crippen LogP contribution in [0.25, 0.3) is 0 Å². The van der Waals surface area contributed by atoms with E-state index in [-0.39, 0.29) is 23.8 Å². The molecule has 0 aliphatic rings. The molecule has 1 rings (SSSR count). The highest BCUT2D eigenvalue weighted by Crippen LogP contribution is 2.13. The van der Waals surface area contributed by atoms with Crippen molar-refractivity contribution in [2.75, 3.05) is 28.8 Å². The van der Waals surface area contributed by atoms with Crippen LogP contribution in [0, 0.1) is 0 Å². The van der Waals surface area contributed by atoms with E-state index in [0.29, 0.717) is 5.69 Å². The first-order valence-corrected chi connectivity index (χ1v) is 9.47. The van der Waals surface area contributed by atoms with Crippen molar-refractivity contribution < 1.29 is 17.4 Å². The number of sulfone groups is 1. The zero-order valence-electron chi connectivity index (χ0n) is 11.2. The van der Waals surface area contributed by atoms with Gasteiger partial charge in [0, 0.05) is 35.0 Å². The van der Waals surface area contributed by atoms with Crippen LogP contribution < -0.4 is 11.1 Å². The molecular formula is C12H18N2O4S2. The third kappa shape index (κ3) is 6.27. The number of carbonyl (C=O) groups excluding carboxylic acids is 1. The molecule has 6 nitrogen and oxygen atoms in total. The van der Waals surface area contributed by atoms with Crippen molar-refractivity contribution in [1.82, 2.24) is 0 Å². The van der Waals surface area contributed by atoms with Gasteiger partial charge in [0.25, 0.3) is 0 Å². The topological polar surface area (TPSA) is 106 Å². The Hall–Kier alpha value is -1.25. The molecule has 0 saturated heterocycles. The second kappa shape index (κ2) is 7.51. The first-order chi connectivity index (χ1) is 9.31. The molecule has 1 aromatic rings. The summed E-state index contributed by atoms with van der Waals surface area (Å²) in [6.45, 7) is 0.285. The lowest BCUT2D eigenvalue weighted by molar-refractivity contribution is -0.113. The summed E-state index contributed by atoms with van der Waals surface area (Å²) >= 11 is 0. The van der Waals surface area contributed by atoms with E-state index in [2.05, 4.69) is 5.32 Å². The second-order valence-corrected chi connectivity index (χ2v) is 8.16.